The number of carboxylic acids is 1. The third kappa shape index (κ3) is 6.92. The van der Waals surface area contributed by atoms with Crippen molar-refractivity contribution in [2.45, 2.75) is 96.8 Å². The number of hydrogen-bond donors (Lipinski definition) is 1. The first-order valence-electron chi connectivity index (χ1n) is 9.54. The Labute approximate surface area is 141 Å². The summed E-state index contributed by atoms with van der Waals surface area (Å²) in [7, 11) is 0. The van der Waals surface area contributed by atoms with E-state index in [0.717, 1.165) is 19.3 Å². The Morgan fingerprint density at radius 1 is 0.957 bits per heavy atom. The first-order valence-corrected chi connectivity index (χ1v) is 9.54. The fraction of sp³-hybridized carbons (Fsp3) is 0.895. The van der Waals surface area contributed by atoms with Crippen LogP contribution in [-0.2, 0) is 14.3 Å². The summed E-state index contributed by atoms with van der Waals surface area (Å²) < 4.78 is 4.87. The average Bonchev–Trinajstić information content (AvgIpc) is 2.90. The third-order valence-corrected chi connectivity index (χ3v) is 5.02. The number of carbonyl (C=O) groups excluding carboxylic acids is 1. The van der Waals surface area contributed by atoms with E-state index in [9.17, 15) is 14.7 Å². The fourth-order valence-corrected chi connectivity index (χ4v) is 3.35. The summed E-state index contributed by atoms with van der Waals surface area (Å²) in [6.45, 7) is 2.50. The number of hydrogen-bond acceptors (Lipinski definition) is 3. The van der Waals surface area contributed by atoms with Crippen LogP contribution in [-0.4, -0.2) is 23.7 Å². The number of unbranched alkanes of at least 4 members (excludes halogenated alkanes) is 11. The summed E-state index contributed by atoms with van der Waals surface area (Å²) in [5.74, 6) is -1.55. The van der Waals surface area contributed by atoms with Crippen LogP contribution in [0.2, 0.25) is 0 Å². The highest BCUT2D eigenvalue weighted by Crippen LogP contribution is 2.36. The van der Waals surface area contributed by atoms with E-state index in [2.05, 4.69) is 6.92 Å². The number of cyclic esters (lactones) is 1. The SMILES string of the molecule is CCCCCCCCCCCCCC[C@@]1(C(=O)O)CCOC1=O. The normalized spacial score (nSPS) is 20.7. The van der Waals surface area contributed by atoms with Gasteiger partial charge in [0.25, 0.3) is 0 Å². The molecule has 4 heteroatoms. The van der Waals surface area contributed by atoms with E-state index in [0.29, 0.717) is 12.8 Å². The minimum absolute atomic E-state index is 0.253. The van der Waals surface area contributed by atoms with Crippen LogP contribution in [0.1, 0.15) is 96.8 Å². The van der Waals surface area contributed by atoms with Gasteiger partial charge in [0.1, 0.15) is 0 Å². The molecule has 1 fully saturated rings. The van der Waals surface area contributed by atoms with Crippen LogP contribution in [0.25, 0.3) is 0 Å². The molecular weight excluding hydrogens is 292 g/mol. The minimum atomic E-state index is -1.25. The molecule has 1 saturated heterocycles. The van der Waals surface area contributed by atoms with E-state index in [1.54, 1.807) is 0 Å². The van der Waals surface area contributed by atoms with Crippen LogP contribution < -0.4 is 0 Å². The summed E-state index contributed by atoms with van der Waals surface area (Å²) in [5.41, 5.74) is -1.25. The highest BCUT2D eigenvalue weighted by molar-refractivity contribution is 6.00. The number of carbonyl (C=O) groups is 2. The van der Waals surface area contributed by atoms with Crippen LogP contribution in [0.3, 0.4) is 0 Å². The number of aliphatic carboxylic acids is 1. The van der Waals surface area contributed by atoms with Gasteiger partial charge in [-0.2, -0.15) is 0 Å². The highest BCUT2D eigenvalue weighted by atomic mass is 16.5. The fourth-order valence-electron chi connectivity index (χ4n) is 3.35. The van der Waals surface area contributed by atoms with E-state index >= 15 is 0 Å². The van der Waals surface area contributed by atoms with Crippen molar-refractivity contribution >= 4 is 11.9 Å². The van der Waals surface area contributed by atoms with Crippen molar-refractivity contribution in [3.63, 3.8) is 0 Å². The van der Waals surface area contributed by atoms with Gasteiger partial charge in [-0.1, -0.05) is 84.0 Å². The topological polar surface area (TPSA) is 63.6 Å². The lowest BCUT2D eigenvalue weighted by Crippen LogP contribution is -2.35. The summed E-state index contributed by atoms with van der Waals surface area (Å²) in [5, 5.41) is 9.31. The van der Waals surface area contributed by atoms with E-state index in [1.807, 2.05) is 0 Å². The Morgan fingerprint density at radius 2 is 1.43 bits per heavy atom. The van der Waals surface area contributed by atoms with Crippen molar-refractivity contribution in [2.75, 3.05) is 6.61 Å². The van der Waals surface area contributed by atoms with Gasteiger partial charge in [-0.15, -0.1) is 0 Å². The quantitative estimate of drug-likeness (QED) is 0.274. The molecule has 1 aliphatic rings. The Kier molecular flexibility index (Phi) is 9.97. The van der Waals surface area contributed by atoms with Gasteiger partial charge in [0.2, 0.25) is 0 Å². The molecule has 0 saturated carbocycles. The Balaban J connectivity index is 1.97. The largest absolute Gasteiger partial charge is 0.480 e. The van der Waals surface area contributed by atoms with E-state index in [4.69, 9.17) is 4.74 Å². The molecule has 0 aromatic heterocycles. The summed E-state index contributed by atoms with van der Waals surface area (Å²) in [6.07, 6.45) is 15.7. The molecule has 1 heterocycles. The lowest BCUT2D eigenvalue weighted by Gasteiger charge is -2.18. The van der Waals surface area contributed by atoms with E-state index in [1.165, 1.54) is 57.8 Å². The zero-order valence-corrected chi connectivity index (χ0v) is 14.8. The average molecular weight is 326 g/mol. The minimum Gasteiger partial charge on any atom is -0.480 e. The van der Waals surface area contributed by atoms with Crippen molar-refractivity contribution in [1.29, 1.82) is 0 Å². The van der Waals surface area contributed by atoms with Gasteiger partial charge < -0.3 is 9.84 Å². The van der Waals surface area contributed by atoms with Crippen molar-refractivity contribution in [1.82, 2.24) is 0 Å². The van der Waals surface area contributed by atoms with Gasteiger partial charge >= 0.3 is 11.9 Å². The van der Waals surface area contributed by atoms with Crippen molar-refractivity contribution in [2.24, 2.45) is 5.41 Å². The maximum absolute atomic E-state index is 11.7. The maximum atomic E-state index is 11.7. The predicted octanol–water partition coefficient (Wildman–Crippen LogP) is 5.10. The summed E-state index contributed by atoms with van der Waals surface area (Å²) >= 11 is 0. The number of ether oxygens (including phenoxy) is 1. The molecule has 1 rings (SSSR count). The van der Waals surface area contributed by atoms with Crippen molar-refractivity contribution in [3.05, 3.63) is 0 Å². The summed E-state index contributed by atoms with van der Waals surface area (Å²) in [4.78, 5) is 23.0. The standard InChI is InChI=1S/C19H34O4/c1-2-3-4-5-6-7-8-9-10-11-12-13-14-19(17(20)21)15-16-23-18(19)22/h2-16H2,1H3,(H,20,21)/t19-/m0/s1. The predicted molar refractivity (Wildman–Crippen MR) is 91.3 cm³/mol. The van der Waals surface area contributed by atoms with Gasteiger partial charge in [0.15, 0.2) is 5.41 Å². The first-order chi connectivity index (χ1) is 11.1. The molecule has 23 heavy (non-hydrogen) atoms. The van der Waals surface area contributed by atoms with Gasteiger partial charge in [-0.25, -0.2) is 0 Å². The molecule has 0 aromatic rings. The van der Waals surface area contributed by atoms with Crippen LogP contribution in [0.5, 0.6) is 0 Å². The number of rotatable bonds is 14. The molecule has 0 radical (unpaired) electrons. The second-order valence-electron chi connectivity index (χ2n) is 6.91. The molecule has 0 spiro atoms. The highest BCUT2D eigenvalue weighted by Gasteiger charge is 2.50. The second kappa shape index (κ2) is 11.5. The molecule has 1 atom stereocenters. The number of carboxylic acid groups (broad SMARTS) is 1. The molecule has 0 unspecified atom stereocenters. The third-order valence-electron chi connectivity index (χ3n) is 5.02. The zero-order valence-electron chi connectivity index (χ0n) is 14.8. The Hall–Kier alpha value is -1.06. The van der Waals surface area contributed by atoms with Crippen LogP contribution in [0.15, 0.2) is 0 Å². The molecule has 4 nitrogen and oxygen atoms in total. The molecule has 0 aliphatic carbocycles. The van der Waals surface area contributed by atoms with Crippen LogP contribution in [0.4, 0.5) is 0 Å². The Morgan fingerprint density at radius 3 is 1.83 bits per heavy atom. The lowest BCUT2D eigenvalue weighted by atomic mass is 9.81. The van der Waals surface area contributed by atoms with Crippen LogP contribution in [0, 0.1) is 5.41 Å². The van der Waals surface area contributed by atoms with E-state index in [-0.39, 0.29) is 6.61 Å². The summed E-state index contributed by atoms with van der Waals surface area (Å²) in [6, 6.07) is 0. The van der Waals surface area contributed by atoms with Crippen molar-refractivity contribution in [3.8, 4) is 0 Å². The smallest absolute Gasteiger partial charge is 0.323 e. The van der Waals surface area contributed by atoms with Gasteiger partial charge in [-0.3, -0.25) is 9.59 Å². The van der Waals surface area contributed by atoms with Crippen molar-refractivity contribution < 1.29 is 19.4 Å². The molecule has 134 valence electrons. The maximum Gasteiger partial charge on any atom is 0.323 e. The second-order valence-corrected chi connectivity index (χ2v) is 6.91. The van der Waals surface area contributed by atoms with E-state index < -0.39 is 17.4 Å². The van der Waals surface area contributed by atoms with Gasteiger partial charge in [-0.05, 0) is 6.42 Å². The monoisotopic (exact) mass is 326 g/mol. The molecule has 1 aliphatic heterocycles. The van der Waals surface area contributed by atoms with Gasteiger partial charge in [0.05, 0.1) is 6.61 Å². The number of esters is 1. The molecule has 0 amide bonds. The zero-order chi connectivity index (χ0) is 17.0. The molecular formula is C19H34O4. The Bertz CT molecular complexity index is 353. The molecule has 1 N–H and O–H groups in total. The molecule has 0 bridgehead atoms. The molecule has 0 aromatic carbocycles. The van der Waals surface area contributed by atoms with Gasteiger partial charge in [0, 0.05) is 6.42 Å². The van der Waals surface area contributed by atoms with Crippen LogP contribution >= 0.6 is 0 Å². The first kappa shape index (κ1) is 20.0. The lowest BCUT2D eigenvalue weighted by molar-refractivity contribution is -0.161.